The highest BCUT2D eigenvalue weighted by atomic mass is 32.1. The van der Waals surface area contributed by atoms with Gasteiger partial charge < -0.3 is 9.40 Å². The van der Waals surface area contributed by atoms with Crippen LogP contribution >= 0.6 is 11.3 Å². The first kappa shape index (κ1) is 24.1. The van der Waals surface area contributed by atoms with Crippen LogP contribution in [-0.2, 0) is 18.6 Å². The quantitative estimate of drug-likeness (QED) is 0.323. The summed E-state index contributed by atoms with van der Waals surface area (Å²) in [7, 11) is 0. The van der Waals surface area contributed by atoms with Crippen molar-refractivity contribution in [2.24, 2.45) is 0 Å². The predicted octanol–water partition coefficient (Wildman–Crippen LogP) is 5.33. The van der Waals surface area contributed by atoms with E-state index < -0.39 is 6.04 Å². The number of tetrazole rings is 1. The number of pyridine rings is 1. The Balaban J connectivity index is 1.74. The van der Waals surface area contributed by atoms with Crippen LogP contribution in [0.5, 0.6) is 0 Å². The molecule has 0 aliphatic heterocycles. The molecule has 4 aromatic heterocycles. The minimum atomic E-state index is -0.514. The third kappa shape index (κ3) is 4.76. The van der Waals surface area contributed by atoms with Gasteiger partial charge in [-0.15, -0.1) is 16.4 Å². The summed E-state index contributed by atoms with van der Waals surface area (Å²) < 4.78 is 7.55. The van der Waals surface area contributed by atoms with Gasteiger partial charge in [0.2, 0.25) is 0 Å². The Hall–Kier alpha value is -3.56. The standard InChI is InChI=1S/C27H30N6O2S/c1-17-12-18(2)23-19(13-17)14-22(26(34)28-23)24(25-29-30-31-33(25)27(3,4)5)32(15-20-8-6-10-35-20)16-21-9-7-11-36-21/h6-14,24H,15-16H2,1-5H3,(H,28,34)/t24-/m1/s1. The molecule has 0 fully saturated rings. The van der Waals surface area contributed by atoms with Gasteiger partial charge >= 0.3 is 0 Å². The minimum Gasteiger partial charge on any atom is -0.468 e. The van der Waals surface area contributed by atoms with Crippen LogP contribution in [0.25, 0.3) is 10.9 Å². The Labute approximate surface area is 213 Å². The van der Waals surface area contributed by atoms with Gasteiger partial charge in [0.15, 0.2) is 5.82 Å². The van der Waals surface area contributed by atoms with Crippen LogP contribution in [0.1, 0.15) is 60.0 Å². The molecule has 5 rings (SSSR count). The fourth-order valence-electron chi connectivity index (χ4n) is 4.69. The monoisotopic (exact) mass is 502 g/mol. The van der Waals surface area contributed by atoms with E-state index in [4.69, 9.17) is 4.42 Å². The molecule has 1 N–H and O–H groups in total. The van der Waals surface area contributed by atoms with E-state index in [9.17, 15) is 4.79 Å². The second kappa shape index (κ2) is 9.48. The van der Waals surface area contributed by atoms with Gasteiger partial charge in [0.1, 0.15) is 11.8 Å². The Kier molecular flexibility index (Phi) is 6.36. The van der Waals surface area contributed by atoms with Gasteiger partial charge in [-0.05, 0) is 91.7 Å². The first-order valence-electron chi connectivity index (χ1n) is 11.9. The van der Waals surface area contributed by atoms with Crippen molar-refractivity contribution in [2.75, 3.05) is 0 Å². The van der Waals surface area contributed by atoms with Crippen molar-refractivity contribution in [3.63, 3.8) is 0 Å². The first-order chi connectivity index (χ1) is 17.2. The summed E-state index contributed by atoms with van der Waals surface area (Å²) in [6.45, 7) is 11.3. The molecule has 0 unspecified atom stereocenters. The maximum Gasteiger partial charge on any atom is 0.253 e. The highest BCUT2D eigenvalue weighted by molar-refractivity contribution is 7.09. The summed E-state index contributed by atoms with van der Waals surface area (Å²) in [5.74, 6) is 1.41. The number of hydrogen-bond donors (Lipinski definition) is 1. The number of aromatic nitrogens is 5. The maximum absolute atomic E-state index is 13.7. The number of nitrogens with one attached hydrogen (secondary N) is 1. The molecule has 0 bridgehead atoms. The number of fused-ring (bicyclic) bond motifs is 1. The molecule has 0 radical (unpaired) electrons. The van der Waals surface area contributed by atoms with Crippen molar-refractivity contribution in [1.82, 2.24) is 30.1 Å². The summed E-state index contributed by atoms with van der Waals surface area (Å²) >= 11 is 1.68. The molecule has 0 spiro atoms. The molecule has 4 heterocycles. The summed E-state index contributed by atoms with van der Waals surface area (Å²) in [6.07, 6.45) is 1.67. The van der Waals surface area contributed by atoms with E-state index in [-0.39, 0.29) is 11.1 Å². The van der Waals surface area contributed by atoms with Gasteiger partial charge in [0.05, 0.1) is 23.9 Å². The van der Waals surface area contributed by atoms with Crippen molar-refractivity contribution in [3.8, 4) is 0 Å². The van der Waals surface area contributed by atoms with Gasteiger partial charge in [-0.1, -0.05) is 17.7 Å². The zero-order valence-electron chi connectivity index (χ0n) is 21.1. The van der Waals surface area contributed by atoms with E-state index >= 15 is 0 Å². The van der Waals surface area contributed by atoms with E-state index in [1.165, 1.54) is 4.88 Å². The molecule has 0 saturated carbocycles. The molecule has 9 heteroatoms. The van der Waals surface area contributed by atoms with Crippen LogP contribution in [0, 0.1) is 13.8 Å². The van der Waals surface area contributed by atoms with E-state index in [0.29, 0.717) is 24.5 Å². The Morgan fingerprint density at radius 2 is 1.97 bits per heavy atom. The van der Waals surface area contributed by atoms with Crippen LogP contribution in [-0.4, -0.2) is 30.1 Å². The highest BCUT2D eigenvalue weighted by Gasteiger charge is 2.34. The van der Waals surface area contributed by atoms with Crippen molar-refractivity contribution in [3.05, 3.63) is 97.6 Å². The normalized spacial score (nSPS) is 13.1. The number of aryl methyl sites for hydroxylation is 2. The van der Waals surface area contributed by atoms with Crippen molar-refractivity contribution in [1.29, 1.82) is 0 Å². The summed E-state index contributed by atoms with van der Waals surface area (Å²) in [6, 6.07) is 13.6. The topological polar surface area (TPSA) is 92.8 Å². The molecule has 36 heavy (non-hydrogen) atoms. The van der Waals surface area contributed by atoms with Gasteiger partial charge in [-0.25, -0.2) is 4.68 Å². The molecular formula is C27H30N6O2S. The molecule has 186 valence electrons. The predicted molar refractivity (Wildman–Crippen MR) is 141 cm³/mol. The lowest BCUT2D eigenvalue weighted by atomic mass is 9.99. The van der Waals surface area contributed by atoms with E-state index in [1.807, 2.05) is 35.9 Å². The third-order valence-electron chi connectivity index (χ3n) is 6.23. The van der Waals surface area contributed by atoms with Gasteiger partial charge in [0, 0.05) is 17.0 Å². The van der Waals surface area contributed by atoms with Crippen molar-refractivity contribution >= 4 is 22.2 Å². The van der Waals surface area contributed by atoms with E-state index in [2.05, 4.69) is 76.7 Å². The van der Waals surface area contributed by atoms with E-state index in [1.54, 1.807) is 17.6 Å². The second-order valence-corrected chi connectivity index (χ2v) is 11.2. The fraction of sp³-hybridized carbons (Fsp3) is 0.333. The van der Waals surface area contributed by atoms with Crippen LogP contribution in [0.15, 0.2) is 63.3 Å². The molecule has 0 saturated heterocycles. The number of aromatic amines is 1. The molecule has 0 aliphatic rings. The Bertz CT molecular complexity index is 1490. The van der Waals surface area contributed by atoms with Crippen LogP contribution in [0.4, 0.5) is 0 Å². The number of H-pyrrole nitrogens is 1. The summed E-state index contributed by atoms with van der Waals surface area (Å²) in [5, 5.41) is 15.9. The van der Waals surface area contributed by atoms with Crippen LogP contribution < -0.4 is 5.56 Å². The first-order valence-corrected chi connectivity index (χ1v) is 12.8. The van der Waals surface area contributed by atoms with Crippen molar-refractivity contribution < 1.29 is 4.42 Å². The minimum absolute atomic E-state index is 0.154. The van der Waals surface area contributed by atoms with Crippen LogP contribution in [0.2, 0.25) is 0 Å². The number of benzene rings is 1. The van der Waals surface area contributed by atoms with Gasteiger partial charge in [0.25, 0.3) is 5.56 Å². The lowest BCUT2D eigenvalue weighted by Gasteiger charge is -2.32. The zero-order chi connectivity index (χ0) is 25.4. The second-order valence-electron chi connectivity index (χ2n) is 10.2. The van der Waals surface area contributed by atoms with Gasteiger partial charge in [-0.3, -0.25) is 9.69 Å². The van der Waals surface area contributed by atoms with Crippen molar-refractivity contribution in [2.45, 2.75) is 59.3 Å². The summed E-state index contributed by atoms with van der Waals surface area (Å²) in [4.78, 5) is 20.2. The SMILES string of the molecule is Cc1cc(C)c2[nH]c(=O)c([C@H](c3nnnn3C(C)(C)C)N(Cc3ccco3)Cc3cccs3)cc2c1. The molecule has 0 amide bonds. The fourth-order valence-corrected chi connectivity index (χ4v) is 5.42. The number of furan rings is 1. The molecule has 1 atom stereocenters. The molecular weight excluding hydrogens is 472 g/mol. The highest BCUT2D eigenvalue weighted by Crippen LogP contribution is 2.33. The molecule has 1 aromatic carbocycles. The Morgan fingerprint density at radius 3 is 2.67 bits per heavy atom. The Morgan fingerprint density at radius 1 is 1.14 bits per heavy atom. The largest absolute Gasteiger partial charge is 0.468 e. The molecule has 8 nitrogen and oxygen atoms in total. The number of hydrogen-bond acceptors (Lipinski definition) is 7. The van der Waals surface area contributed by atoms with E-state index in [0.717, 1.165) is 27.8 Å². The lowest BCUT2D eigenvalue weighted by Crippen LogP contribution is -2.37. The maximum atomic E-state index is 13.7. The average molecular weight is 503 g/mol. The lowest BCUT2D eigenvalue weighted by molar-refractivity contribution is 0.173. The number of rotatable bonds is 7. The molecule has 0 aliphatic carbocycles. The third-order valence-corrected chi connectivity index (χ3v) is 7.09. The number of nitrogens with zero attached hydrogens (tertiary/aromatic N) is 5. The molecule has 5 aromatic rings. The number of thiophene rings is 1. The van der Waals surface area contributed by atoms with Crippen LogP contribution in [0.3, 0.4) is 0 Å². The smallest absolute Gasteiger partial charge is 0.253 e. The van der Waals surface area contributed by atoms with Gasteiger partial charge in [-0.2, -0.15) is 0 Å². The summed E-state index contributed by atoms with van der Waals surface area (Å²) in [5.41, 5.74) is 3.08. The average Bonchev–Trinajstić information content (AvgIpc) is 3.57. The zero-order valence-corrected chi connectivity index (χ0v) is 22.0.